The van der Waals surface area contributed by atoms with Crippen molar-refractivity contribution in [2.24, 2.45) is 0 Å². The van der Waals surface area contributed by atoms with Gasteiger partial charge in [-0.15, -0.1) is 0 Å². The van der Waals surface area contributed by atoms with Gasteiger partial charge in [-0.3, -0.25) is 9.59 Å². The summed E-state index contributed by atoms with van der Waals surface area (Å²) in [4.78, 5) is 23.5. The van der Waals surface area contributed by atoms with Gasteiger partial charge in [-0.2, -0.15) is 0 Å². The Morgan fingerprint density at radius 2 is 1.52 bits per heavy atom. The lowest BCUT2D eigenvalue weighted by Crippen LogP contribution is -2.39. The third-order valence-corrected chi connectivity index (χ3v) is 3.37. The van der Waals surface area contributed by atoms with Crippen LogP contribution in [0.4, 0.5) is 0 Å². The predicted octanol–water partition coefficient (Wildman–Crippen LogP) is 2.28. The summed E-state index contributed by atoms with van der Waals surface area (Å²) in [6, 6.07) is 14.3. The van der Waals surface area contributed by atoms with Crippen LogP contribution < -0.4 is 15.4 Å². The molecule has 0 radical (unpaired) electrons. The number of carbonyl (C=O) groups is 2. The molecular weight excluding hydrogens is 316 g/mol. The van der Waals surface area contributed by atoms with E-state index in [1.165, 1.54) is 0 Å². The average molecular weight is 333 g/mol. The van der Waals surface area contributed by atoms with E-state index in [2.05, 4.69) is 10.6 Å². The highest BCUT2D eigenvalue weighted by atomic mass is 35.5. The standard InChI is InChI=1S/C17H17ClN2O3/c1-23-15-7-3-5-13(9-15)11-20-17(22)16(21)19-10-12-4-2-6-14(18)8-12/h2-9H,10-11H2,1H3,(H,19,21)(H,20,22). The van der Waals surface area contributed by atoms with Crippen LogP contribution in [0.2, 0.25) is 5.02 Å². The average Bonchev–Trinajstić information content (AvgIpc) is 2.57. The zero-order chi connectivity index (χ0) is 16.7. The lowest BCUT2D eigenvalue weighted by molar-refractivity contribution is -0.139. The van der Waals surface area contributed by atoms with Crippen LogP contribution in [0.3, 0.4) is 0 Å². The van der Waals surface area contributed by atoms with Gasteiger partial charge < -0.3 is 15.4 Å². The van der Waals surface area contributed by atoms with Crippen molar-refractivity contribution in [3.63, 3.8) is 0 Å². The topological polar surface area (TPSA) is 67.4 Å². The quantitative estimate of drug-likeness (QED) is 0.825. The molecule has 0 heterocycles. The van der Waals surface area contributed by atoms with Crippen LogP contribution in [0.25, 0.3) is 0 Å². The third-order valence-electron chi connectivity index (χ3n) is 3.14. The highest BCUT2D eigenvalue weighted by Gasteiger charge is 2.12. The predicted molar refractivity (Wildman–Crippen MR) is 88.1 cm³/mol. The maximum atomic E-state index is 11.8. The Hall–Kier alpha value is -2.53. The maximum absolute atomic E-state index is 11.8. The summed E-state index contributed by atoms with van der Waals surface area (Å²) in [5, 5.41) is 5.70. The summed E-state index contributed by atoms with van der Waals surface area (Å²) in [7, 11) is 1.57. The highest BCUT2D eigenvalue weighted by Crippen LogP contribution is 2.12. The number of benzene rings is 2. The Morgan fingerprint density at radius 1 is 0.957 bits per heavy atom. The monoisotopic (exact) mass is 332 g/mol. The number of hydrogen-bond donors (Lipinski definition) is 2. The van der Waals surface area contributed by atoms with Crippen LogP contribution in [-0.4, -0.2) is 18.9 Å². The largest absolute Gasteiger partial charge is 0.497 e. The SMILES string of the molecule is COc1cccc(CNC(=O)C(=O)NCc2cccc(Cl)c2)c1. The number of carbonyl (C=O) groups excluding carboxylic acids is 2. The van der Waals surface area contributed by atoms with Crippen LogP contribution in [0.5, 0.6) is 5.75 Å². The van der Waals surface area contributed by atoms with Gasteiger partial charge in [-0.25, -0.2) is 0 Å². The second-order valence-electron chi connectivity index (χ2n) is 4.85. The molecule has 0 aliphatic carbocycles. The van der Waals surface area contributed by atoms with Crippen molar-refractivity contribution < 1.29 is 14.3 Å². The number of halogens is 1. The molecule has 0 saturated heterocycles. The molecule has 0 saturated carbocycles. The lowest BCUT2D eigenvalue weighted by Gasteiger charge is -2.08. The van der Waals surface area contributed by atoms with Gasteiger partial charge >= 0.3 is 11.8 Å². The molecule has 6 heteroatoms. The van der Waals surface area contributed by atoms with E-state index in [1.54, 1.807) is 31.4 Å². The van der Waals surface area contributed by atoms with Crippen molar-refractivity contribution in [1.29, 1.82) is 0 Å². The van der Waals surface area contributed by atoms with Gasteiger partial charge in [-0.05, 0) is 35.4 Å². The number of ether oxygens (including phenoxy) is 1. The van der Waals surface area contributed by atoms with Gasteiger partial charge in [0.25, 0.3) is 0 Å². The van der Waals surface area contributed by atoms with Crippen molar-refractivity contribution in [3.05, 3.63) is 64.7 Å². The van der Waals surface area contributed by atoms with Gasteiger partial charge in [-0.1, -0.05) is 35.9 Å². The number of amides is 2. The van der Waals surface area contributed by atoms with E-state index in [-0.39, 0.29) is 13.1 Å². The molecule has 0 atom stereocenters. The van der Waals surface area contributed by atoms with E-state index in [9.17, 15) is 9.59 Å². The maximum Gasteiger partial charge on any atom is 0.309 e. The van der Waals surface area contributed by atoms with Crippen LogP contribution in [-0.2, 0) is 22.7 Å². The Morgan fingerprint density at radius 3 is 2.09 bits per heavy atom. The summed E-state index contributed by atoms with van der Waals surface area (Å²) in [5.74, 6) is -0.676. The molecule has 0 bridgehead atoms. The summed E-state index contributed by atoms with van der Waals surface area (Å²) >= 11 is 5.86. The molecule has 0 aliphatic rings. The summed E-state index contributed by atoms with van der Waals surface area (Å²) in [5.41, 5.74) is 1.67. The van der Waals surface area contributed by atoms with Gasteiger partial charge in [0, 0.05) is 18.1 Å². The third kappa shape index (κ3) is 5.30. The Kier molecular flexibility index (Phi) is 6.00. The molecule has 0 spiro atoms. The van der Waals surface area contributed by atoms with Crippen molar-refractivity contribution in [1.82, 2.24) is 10.6 Å². The second kappa shape index (κ2) is 8.19. The van der Waals surface area contributed by atoms with Crippen LogP contribution in [0, 0.1) is 0 Å². The van der Waals surface area contributed by atoms with Crippen molar-refractivity contribution in [2.45, 2.75) is 13.1 Å². The number of rotatable bonds is 5. The van der Waals surface area contributed by atoms with E-state index in [1.807, 2.05) is 24.3 Å². The number of nitrogens with one attached hydrogen (secondary N) is 2. The van der Waals surface area contributed by atoms with Crippen LogP contribution >= 0.6 is 11.6 Å². The van der Waals surface area contributed by atoms with E-state index in [4.69, 9.17) is 16.3 Å². The molecule has 0 aromatic heterocycles. The second-order valence-corrected chi connectivity index (χ2v) is 5.28. The first-order chi connectivity index (χ1) is 11.1. The normalized spacial score (nSPS) is 10.0. The lowest BCUT2D eigenvalue weighted by atomic mass is 10.2. The van der Waals surface area contributed by atoms with Gasteiger partial charge in [0.15, 0.2) is 0 Å². The van der Waals surface area contributed by atoms with E-state index >= 15 is 0 Å². The Balaban J connectivity index is 1.81. The van der Waals surface area contributed by atoms with Crippen molar-refractivity contribution >= 4 is 23.4 Å². The van der Waals surface area contributed by atoms with Gasteiger partial charge in [0.2, 0.25) is 0 Å². The molecule has 0 aliphatic heterocycles. The van der Waals surface area contributed by atoms with Crippen molar-refractivity contribution in [2.75, 3.05) is 7.11 Å². The molecule has 23 heavy (non-hydrogen) atoms. The van der Waals surface area contributed by atoms with Crippen molar-refractivity contribution in [3.8, 4) is 5.75 Å². The summed E-state index contributed by atoms with van der Waals surface area (Å²) < 4.78 is 5.10. The van der Waals surface area contributed by atoms with E-state index in [0.717, 1.165) is 11.1 Å². The Labute approximate surface area is 139 Å². The number of methoxy groups -OCH3 is 1. The minimum Gasteiger partial charge on any atom is -0.497 e. The molecule has 2 rings (SSSR count). The molecule has 2 amide bonds. The van der Waals surface area contributed by atoms with E-state index in [0.29, 0.717) is 10.8 Å². The molecule has 2 aromatic rings. The smallest absolute Gasteiger partial charge is 0.309 e. The minimum atomic E-state index is -0.687. The van der Waals surface area contributed by atoms with Gasteiger partial charge in [0.1, 0.15) is 5.75 Å². The van der Waals surface area contributed by atoms with Gasteiger partial charge in [0.05, 0.1) is 7.11 Å². The van der Waals surface area contributed by atoms with E-state index < -0.39 is 11.8 Å². The first kappa shape index (κ1) is 16.8. The summed E-state index contributed by atoms with van der Waals surface area (Å²) in [6.07, 6.45) is 0. The molecule has 2 N–H and O–H groups in total. The highest BCUT2D eigenvalue weighted by molar-refractivity contribution is 6.35. The summed E-state index contributed by atoms with van der Waals surface area (Å²) in [6.45, 7) is 0.493. The fraction of sp³-hybridized carbons (Fsp3) is 0.176. The molecular formula is C17H17ClN2O3. The molecule has 0 fully saturated rings. The van der Waals surface area contributed by atoms with Crippen LogP contribution in [0.15, 0.2) is 48.5 Å². The fourth-order valence-corrected chi connectivity index (χ4v) is 2.17. The zero-order valence-electron chi connectivity index (χ0n) is 12.6. The number of hydrogen-bond acceptors (Lipinski definition) is 3. The van der Waals surface area contributed by atoms with Crippen LogP contribution in [0.1, 0.15) is 11.1 Å². The zero-order valence-corrected chi connectivity index (χ0v) is 13.4. The molecule has 2 aromatic carbocycles. The first-order valence-corrected chi connectivity index (χ1v) is 7.39. The Bertz CT molecular complexity index is 704. The molecule has 0 unspecified atom stereocenters. The molecule has 5 nitrogen and oxygen atoms in total. The minimum absolute atomic E-state index is 0.242. The molecule has 120 valence electrons. The first-order valence-electron chi connectivity index (χ1n) is 7.02. The fourth-order valence-electron chi connectivity index (χ4n) is 1.95.